The van der Waals surface area contributed by atoms with Crippen molar-refractivity contribution in [1.82, 2.24) is 20.1 Å². The summed E-state index contributed by atoms with van der Waals surface area (Å²) in [5.74, 6) is 1.62. The van der Waals surface area contributed by atoms with E-state index >= 15 is 0 Å². The van der Waals surface area contributed by atoms with Gasteiger partial charge in [0, 0.05) is 45.2 Å². The molecule has 0 aliphatic carbocycles. The maximum atomic E-state index is 5.37. The summed E-state index contributed by atoms with van der Waals surface area (Å²) in [4.78, 5) is 14.4. The smallest absolute Gasteiger partial charge is 0.194 e. The lowest BCUT2D eigenvalue weighted by molar-refractivity contribution is 0.119. The first-order valence-corrected chi connectivity index (χ1v) is 11.0. The number of piperidine rings is 1. The highest BCUT2D eigenvalue weighted by molar-refractivity contribution is 7.09. The highest BCUT2D eigenvalue weighted by Gasteiger charge is 2.21. The van der Waals surface area contributed by atoms with Crippen molar-refractivity contribution >= 4 is 17.3 Å². The summed E-state index contributed by atoms with van der Waals surface area (Å²) in [5, 5.41) is 6.57. The predicted molar refractivity (Wildman–Crippen MR) is 114 cm³/mol. The van der Waals surface area contributed by atoms with Gasteiger partial charge in [-0.25, -0.2) is 4.98 Å². The molecule has 1 N–H and O–H groups in total. The second-order valence-corrected chi connectivity index (χ2v) is 8.59. The van der Waals surface area contributed by atoms with Crippen LogP contribution in [0.25, 0.3) is 0 Å². The van der Waals surface area contributed by atoms with Crippen LogP contribution in [0.5, 0.6) is 0 Å². The summed E-state index contributed by atoms with van der Waals surface area (Å²) in [5.41, 5.74) is 1.07. The Kier molecular flexibility index (Phi) is 8.99. The van der Waals surface area contributed by atoms with Crippen LogP contribution in [-0.4, -0.2) is 67.1 Å². The Bertz CT molecular complexity index is 589. The minimum absolute atomic E-state index is 0.0474. The lowest BCUT2D eigenvalue weighted by Crippen LogP contribution is -2.42. The maximum Gasteiger partial charge on any atom is 0.194 e. The normalized spacial score (nSPS) is 20.1. The Morgan fingerprint density at radius 3 is 2.93 bits per heavy atom. The molecule has 1 fully saturated rings. The van der Waals surface area contributed by atoms with Crippen molar-refractivity contribution in [2.24, 2.45) is 10.9 Å². The SMILES string of the molecule is CCNC(=NCC1CCCN(C(C)C)C1)N(C)Cc1csc(C(C)OC)n1. The molecule has 1 aliphatic heterocycles. The number of hydrogen-bond donors (Lipinski definition) is 1. The number of nitrogens with one attached hydrogen (secondary N) is 1. The van der Waals surface area contributed by atoms with Gasteiger partial charge in [0.25, 0.3) is 0 Å². The first kappa shape index (κ1) is 22.1. The third-order valence-corrected chi connectivity index (χ3v) is 6.20. The average molecular weight is 396 g/mol. The van der Waals surface area contributed by atoms with Crippen molar-refractivity contribution in [3.05, 3.63) is 16.1 Å². The number of methoxy groups -OCH3 is 1. The van der Waals surface area contributed by atoms with Crippen LogP contribution >= 0.6 is 11.3 Å². The van der Waals surface area contributed by atoms with Crippen LogP contribution < -0.4 is 5.32 Å². The molecule has 1 aliphatic rings. The predicted octanol–water partition coefficient (Wildman–Crippen LogP) is 3.37. The van der Waals surface area contributed by atoms with Gasteiger partial charge in [0.2, 0.25) is 0 Å². The van der Waals surface area contributed by atoms with E-state index in [-0.39, 0.29) is 6.10 Å². The van der Waals surface area contributed by atoms with Gasteiger partial charge in [0.1, 0.15) is 11.1 Å². The largest absolute Gasteiger partial charge is 0.375 e. The van der Waals surface area contributed by atoms with Crippen molar-refractivity contribution in [2.45, 2.75) is 59.2 Å². The van der Waals surface area contributed by atoms with Gasteiger partial charge in [-0.15, -0.1) is 11.3 Å². The van der Waals surface area contributed by atoms with E-state index in [1.807, 2.05) is 6.92 Å². The molecule has 1 aromatic heterocycles. The Balaban J connectivity index is 1.96. The number of nitrogens with zero attached hydrogens (tertiary/aromatic N) is 4. The number of hydrogen-bond acceptors (Lipinski definition) is 5. The average Bonchev–Trinajstić information content (AvgIpc) is 3.13. The number of rotatable bonds is 8. The van der Waals surface area contributed by atoms with Crippen LogP contribution in [0.4, 0.5) is 0 Å². The standard InChI is InChI=1S/C20H37N5OS/c1-7-21-20(22-11-17-9-8-10-25(12-17)15(2)3)24(5)13-18-14-27-19(23-18)16(4)26-6/h14-17H,7-13H2,1-6H3,(H,21,22). The lowest BCUT2D eigenvalue weighted by Gasteiger charge is -2.35. The summed E-state index contributed by atoms with van der Waals surface area (Å²) in [6.07, 6.45) is 2.61. The molecule has 2 rings (SSSR count). The van der Waals surface area contributed by atoms with Crippen molar-refractivity contribution in [1.29, 1.82) is 0 Å². The maximum absolute atomic E-state index is 5.37. The Labute approximate surface area is 169 Å². The highest BCUT2D eigenvalue weighted by Crippen LogP contribution is 2.21. The fourth-order valence-electron chi connectivity index (χ4n) is 3.40. The summed E-state index contributed by atoms with van der Waals surface area (Å²) < 4.78 is 5.37. The molecule has 0 aromatic carbocycles. The highest BCUT2D eigenvalue weighted by atomic mass is 32.1. The summed E-state index contributed by atoms with van der Waals surface area (Å²) in [6.45, 7) is 13.6. The summed E-state index contributed by atoms with van der Waals surface area (Å²) in [7, 11) is 3.81. The topological polar surface area (TPSA) is 53.0 Å². The van der Waals surface area contributed by atoms with Crippen LogP contribution in [0.1, 0.15) is 57.3 Å². The van der Waals surface area contributed by atoms with Crippen LogP contribution in [0.2, 0.25) is 0 Å². The molecule has 154 valence electrons. The van der Waals surface area contributed by atoms with Crippen molar-refractivity contribution in [2.75, 3.05) is 40.3 Å². The molecule has 0 spiro atoms. The molecule has 6 nitrogen and oxygen atoms in total. The zero-order valence-corrected chi connectivity index (χ0v) is 18.7. The molecular weight excluding hydrogens is 358 g/mol. The second-order valence-electron chi connectivity index (χ2n) is 7.70. The van der Waals surface area contributed by atoms with Gasteiger partial charge in [0.05, 0.1) is 12.2 Å². The van der Waals surface area contributed by atoms with Crippen LogP contribution in [0, 0.1) is 5.92 Å². The fourth-order valence-corrected chi connectivity index (χ4v) is 4.24. The van der Waals surface area contributed by atoms with E-state index < -0.39 is 0 Å². The molecule has 1 aromatic rings. The molecular formula is C20H37N5OS. The number of aromatic nitrogens is 1. The van der Waals surface area contributed by atoms with E-state index in [1.54, 1.807) is 18.4 Å². The van der Waals surface area contributed by atoms with Gasteiger partial charge in [-0.1, -0.05) is 0 Å². The minimum atomic E-state index is 0.0474. The van der Waals surface area contributed by atoms with Crippen molar-refractivity contribution in [3.63, 3.8) is 0 Å². The summed E-state index contributed by atoms with van der Waals surface area (Å²) in [6, 6.07) is 0.626. The van der Waals surface area contributed by atoms with Gasteiger partial charge in [-0.3, -0.25) is 4.99 Å². The molecule has 2 heterocycles. The molecule has 1 saturated heterocycles. The van der Waals surface area contributed by atoms with Gasteiger partial charge in [0.15, 0.2) is 5.96 Å². The Hall–Kier alpha value is -1.18. The van der Waals surface area contributed by atoms with E-state index in [9.17, 15) is 0 Å². The number of guanidine groups is 1. The van der Waals surface area contributed by atoms with Crippen LogP contribution in [0.15, 0.2) is 10.4 Å². The zero-order valence-electron chi connectivity index (χ0n) is 17.9. The number of likely N-dealkylation sites (tertiary alicyclic amines) is 1. The zero-order chi connectivity index (χ0) is 19.8. The van der Waals surface area contributed by atoms with E-state index in [0.29, 0.717) is 12.0 Å². The third-order valence-electron chi connectivity index (χ3n) is 5.15. The second kappa shape index (κ2) is 11.0. The molecule has 0 saturated carbocycles. The van der Waals surface area contributed by atoms with Gasteiger partial charge in [-0.2, -0.15) is 0 Å². The molecule has 0 radical (unpaired) electrons. The molecule has 2 unspecified atom stereocenters. The third kappa shape index (κ3) is 6.73. The number of ether oxygens (including phenoxy) is 1. The fraction of sp³-hybridized carbons (Fsp3) is 0.800. The Morgan fingerprint density at radius 2 is 2.26 bits per heavy atom. The molecule has 0 amide bonds. The van der Waals surface area contributed by atoms with Crippen molar-refractivity contribution in [3.8, 4) is 0 Å². The summed E-state index contributed by atoms with van der Waals surface area (Å²) >= 11 is 1.66. The first-order chi connectivity index (χ1) is 12.9. The van der Waals surface area contributed by atoms with Crippen molar-refractivity contribution < 1.29 is 4.74 Å². The number of thiazole rings is 1. The number of aliphatic imine (C=N–C) groups is 1. The van der Waals surface area contributed by atoms with E-state index in [2.05, 4.69) is 48.3 Å². The van der Waals surface area contributed by atoms with Gasteiger partial charge < -0.3 is 19.9 Å². The molecule has 2 atom stereocenters. The Morgan fingerprint density at radius 1 is 1.48 bits per heavy atom. The monoisotopic (exact) mass is 395 g/mol. The minimum Gasteiger partial charge on any atom is -0.375 e. The van der Waals surface area contributed by atoms with E-state index in [1.165, 1.54) is 19.4 Å². The van der Waals surface area contributed by atoms with E-state index in [4.69, 9.17) is 14.7 Å². The quantitative estimate of drug-likeness (QED) is 0.540. The molecule has 7 heteroatoms. The first-order valence-electron chi connectivity index (χ1n) is 10.1. The van der Waals surface area contributed by atoms with Crippen LogP contribution in [0.3, 0.4) is 0 Å². The van der Waals surface area contributed by atoms with Gasteiger partial charge >= 0.3 is 0 Å². The van der Waals surface area contributed by atoms with E-state index in [0.717, 1.165) is 42.8 Å². The molecule has 0 bridgehead atoms. The van der Waals surface area contributed by atoms with Gasteiger partial charge in [-0.05, 0) is 53.0 Å². The molecule has 27 heavy (non-hydrogen) atoms. The van der Waals surface area contributed by atoms with Crippen LogP contribution in [-0.2, 0) is 11.3 Å². The lowest BCUT2D eigenvalue weighted by atomic mass is 9.97.